The van der Waals surface area contributed by atoms with Gasteiger partial charge < -0.3 is 9.47 Å². The number of esters is 1. The van der Waals surface area contributed by atoms with Crippen molar-refractivity contribution in [1.82, 2.24) is 10.2 Å². The Bertz CT molecular complexity index is 1090. The molecule has 28 heavy (non-hydrogen) atoms. The summed E-state index contributed by atoms with van der Waals surface area (Å²) in [5.41, 5.74) is 3.49. The van der Waals surface area contributed by atoms with E-state index in [1.165, 1.54) is 0 Å². The van der Waals surface area contributed by atoms with Crippen LogP contribution in [0.1, 0.15) is 36.8 Å². The highest BCUT2D eigenvalue weighted by Gasteiger charge is 2.39. The normalized spacial score (nSPS) is 14.0. The molecule has 7 heteroatoms. The first-order chi connectivity index (χ1) is 13.3. The van der Waals surface area contributed by atoms with Gasteiger partial charge in [0.15, 0.2) is 5.69 Å². The Balaban J connectivity index is 1.83. The molecule has 0 bridgehead atoms. The molecule has 0 amide bonds. The molecule has 5 nitrogen and oxygen atoms in total. The minimum atomic E-state index is -0.764. The van der Waals surface area contributed by atoms with Crippen LogP contribution in [0.15, 0.2) is 36.4 Å². The largest absolute Gasteiger partial charge is 0.482 e. The van der Waals surface area contributed by atoms with E-state index < -0.39 is 11.6 Å². The van der Waals surface area contributed by atoms with Gasteiger partial charge in [0.2, 0.25) is 0 Å². The lowest BCUT2D eigenvalue weighted by atomic mass is 9.88. The maximum atomic E-state index is 12.3. The van der Waals surface area contributed by atoms with E-state index in [9.17, 15) is 4.79 Å². The van der Waals surface area contributed by atoms with Crippen molar-refractivity contribution in [2.45, 2.75) is 26.4 Å². The molecule has 0 fully saturated rings. The van der Waals surface area contributed by atoms with E-state index in [1.807, 2.05) is 38.1 Å². The SMILES string of the molecule is CCOC(=O)c1[nH]nc2c1C(C)(C)Oc1cc(-c3ccc(Cl)cc3Cl)ccc1-2. The number of carbonyl (C=O) groups is 1. The standard InChI is InChI=1S/C21H18Cl2N2O3/c1-4-27-20(26)19-17-18(24-25-19)14-7-5-11(9-16(14)28-21(17,2)3)13-8-6-12(22)10-15(13)23/h5-10H,4H2,1-3H3,(H,24,25). The minimum absolute atomic E-state index is 0.287. The third-order valence-corrected chi connectivity index (χ3v) is 5.24. The number of rotatable bonds is 3. The quantitative estimate of drug-likeness (QED) is 0.543. The summed E-state index contributed by atoms with van der Waals surface area (Å²) < 4.78 is 11.4. The van der Waals surface area contributed by atoms with Crippen molar-refractivity contribution in [3.63, 3.8) is 0 Å². The van der Waals surface area contributed by atoms with E-state index in [4.69, 9.17) is 32.7 Å². The van der Waals surface area contributed by atoms with E-state index in [2.05, 4.69) is 10.2 Å². The van der Waals surface area contributed by atoms with Crippen LogP contribution in [0.2, 0.25) is 10.0 Å². The molecular weight excluding hydrogens is 399 g/mol. The van der Waals surface area contributed by atoms with Crippen molar-refractivity contribution >= 4 is 29.2 Å². The van der Waals surface area contributed by atoms with Gasteiger partial charge in [-0.05, 0) is 50.6 Å². The topological polar surface area (TPSA) is 64.2 Å². The maximum absolute atomic E-state index is 12.3. The van der Waals surface area contributed by atoms with Gasteiger partial charge in [0, 0.05) is 21.2 Å². The van der Waals surface area contributed by atoms with Gasteiger partial charge in [-0.25, -0.2) is 4.79 Å². The van der Waals surface area contributed by atoms with Crippen LogP contribution in [0.3, 0.4) is 0 Å². The molecule has 1 aliphatic heterocycles. The fraction of sp³-hybridized carbons (Fsp3) is 0.238. The summed E-state index contributed by atoms with van der Waals surface area (Å²) in [6, 6.07) is 11.2. The number of nitrogens with one attached hydrogen (secondary N) is 1. The third-order valence-electron chi connectivity index (χ3n) is 4.69. The number of hydrogen-bond acceptors (Lipinski definition) is 4. The van der Waals surface area contributed by atoms with Crippen molar-refractivity contribution in [2.75, 3.05) is 6.61 Å². The second-order valence-corrected chi connectivity index (χ2v) is 7.83. The first-order valence-electron chi connectivity index (χ1n) is 8.86. The summed E-state index contributed by atoms with van der Waals surface area (Å²) >= 11 is 12.4. The number of H-pyrrole nitrogens is 1. The molecule has 0 saturated heterocycles. The Morgan fingerprint density at radius 2 is 1.93 bits per heavy atom. The summed E-state index contributed by atoms with van der Waals surface area (Å²) in [5, 5.41) is 8.34. The van der Waals surface area contributed by atoms with Crippen LogP contribution in [-0.2, 0) is 10.3 Å². The first kappa shape index (κ1) is 18.8. The van der Waals surface area contributed by atoms with Gasteiger partial charge >= 0.3 is 5.97 Å². The number of carbonyl (C=O) groups excluding carboxylic acids is 1. The zero-order chi connectivity index (χ0) is 20.1. The molecule has 0 aliphatic carbocycles. The van der Waals surface area contributed by atoms with Crippen LogP contribution in [0, 0.1) is 0 Å². The zero-order valence-corrected chi connectivity index (χ0v) is 17.1. The summed E-state index contributed by atoms with van der Waals surface area (Å²) in [6.45, 7) is 5.85. The summed E-state index contributed by atoms with van der Waals surface area (Å²) in [6.07, 6.45) is 0. The Morgan fingerprint density at radius 1 is 1.18 bits per heavy atom. The molecule has 2 aromatic carbocycles. The minimum Gasteiger partial charge on any atom is -0.482 e. The summed E-state index contributed by atoms with van der Waals surface area (Å²) in [7, 11) is 0. The number of hydrogen-bond donors (Lipinski definition) is 1. The fourth-order valence-corrected chi connectivity index (χ4v) is 4.01. The van der Waals surface area contributed by atoms with E-state index in [0.29, 0.717) is 32.7 Å². The Morgan fingerprint density at radius 3 is 2.64 bits per heavy atom. The highest BCUT2D eigenvalue weighted by molar-refractivity contribution is 6.36. The molecule has 0 atom stereocenters. The number of nitrogens with zero attached hydrogens (tertiary/aromatic N) is 1. The highest BCUT2D eigenvalue weighted by atomic mass is 35.5. The Labute approximate surface area is 172 Å². The van der Waals surface area contributed by atoms with Crippen molar-refractivity contribution in [3.8, 4) is 28.1 Å². The molecule has 0 saturated carbocycles. The van der Waals surface area contributed by atoms with E-state index in [0.717, 1.165) is 16.7 Å². The Hall–Kier alpha value is -2.50. The zero-order valence-electron chi connectivity index (χ0n) is 15.6. The molecular formula is C21H18Cl2N2O3. The average molecular weight is 417 g/mol. The average Bonchev–Trinajstić information content (AvgIpc) is 3.08. The van der Waals surface area contributed by atoms with Gasteiger partial charge in [0.25, 0.3) is 0 Å². The molecule has 1 aliphatic rings. The summed E-state index contributed by atoms with van der Waals surface area (Å²) in [5.74, 6) is 0.226. The first-order valence-corrected chi connectivity index (χ1v) is 9.62. The summed E-state index contributed by atoms with van der Waals surface area (Å²) in [4.78, 5) is 12.3. The van der Waals surface area contributed by atoms with Gasteiger partial charge in [-0.3, -0.25) is 5.10 Å². The second kappa shape index (κ2) is 6.83. The van der Waals surface area contributed by atoms with Crippen LogP contribution >= 0.6 is 23.2 Å². The number of fused-ring (bicyclic) bond motifs is 3. The van der Waals surface area contributed by atoms with Crippen LogP contribution < -0.4 is 4.74 Å². The molecule has 0 spiro atoms. The predicted octanol–water partition coefficient (Wildman–Crippen LogP) is 5.85. The van der Waals surface area contributed by atoms with E-state index in [-0.39, 0.29) is 6.61 Å². The monoisotopic (exact) mass is 416 g/mol. The van der Waals surface area contributed by atoms with Crippen LogP contribution in [0.5, 0.6) is 5.75 Å². The third kappa shape index (κ3) is 3.05. The van der Waals surface area contributed by atoms with Gasteiger partial charge in [0.05, 0.1) is 12.2 Å². The van der Waals surface area contributed by atoms with Crippen molar-refractivity contribution in [1.29, 1.82) is 0 Å². The van der Waals surface area contributed by atoms with Crippen LogP contribution in [0.4, 0.5) is 0 Å². The molecule has 0 unspecified atom stereocenters. The molecule has 2 heterocycles. The lowest BCUT2D eigenvalue weighted by molar-refractivity contribution is 0.0500. The number of aromatic amines is 1. The Kier molecular flexibility index (Phi) is 4.60. The van der Waals surface area contributed by atoms with E-state index >= 15 is 0 Å². The fourth-order valence-electron chi connectivity index (χ4n) is 3.49. The lowest BCUT2D eigenvalue weighted by Gasteiger charge is -2.33. The lowest BCUT2D eigenvalue weighted by Crippen LogP contribution is -2.31. The van der Waals surface area contributed by atoms with Crippen LogP contribution in [-0.4, -0.2) is 22.8 Å². The van der Waals surface area contributed by atoms with Gasteiger partial charge in [0.1, 0.15) is 17.0 Å². The number of ether oxygens (including phenoxy) is 2. The number of benzene rings is 2. The van der Waals surface area contributed by atoms with Crippen LogP contribution in [0.25, 0.3) is 22.4 Å². The van der Waals surface area contributed by atoms with Crippen molar-refractivity contribution in [3.05, 3.63) is 57.7 Å². The molecule has 4 rings (SSSR count). The highest BCUT2D eigenvalue weighted by Crippen LogP contribution is 2.47. The molecule has 1 N–H and O–H groups in total. The smallest absolute Gasteiger partial charge is 0.356 e. The van der Waals surface area contributed by atoms with Gasteiger partial charge in [-0.1, -0.05) is 35.3 Å². The van der Waals surface area contributed by atoms with Crippen molar-refractivity contribution < 1.29 is 14.3 Å². The number of halogens is 2. The predicted molar refractivity (Wildman–Crippen MR) is 109 cm³/mol. The second-order valence-electron chi connectivity index (χ2n) is 6.99. The van der Waals surface area contributed by atoms with E-state index in [1.54, 1.807) is 19.1 Å². The van der Waals surface area contributed by atoms with Gasteiger partial charge in [-0.15, -0.1) is 0 Å². The van der Waals surface area contributed by atoms with Gasteiger partial charge in [-0.2, -0.15) is 5.10 Å². The molecule has 3 aromatic rings. The molecule has 1 aromatic heterocycles. The molecule has 144 valence electrons. The maximum Gasteiger partial charge on any atom is 0.356 e. The molecule has 0 radical (unpaired) electrons. The number of aromatic nitrogens is 2. The van der Waals surface area contributed by atoms with Crippen molar-refractivity contribution in [2.24, 2.45) is 0 Å².